The molecule has 2 aromatic carbocycles. The molecule has 0 radical (unpaired) electrons. The van der Waals surface area contributed by atoms with Crippen molar-refractivity contribution in [3.8, 4) is 5.75 Å². The lowest BCUT2D eigenvalue weighted by molar-refractivity contribution is -0.117. The van der Waals surface area contributed by atoms with Crippen molar-refractivity contribution < 1.29 is 14.6 Å². The number of hydrogen-bond donors (Lipinski definition) is 2. The molecule has 0 bridgehead atoms. The zero-order valence-electron chi connectivity index (χ0n) is 13.1. The number of carbonyl (C=O) groups excluding carboxylic acids is 1. The quantitative estimate of drug-likeness (QED) is 0.772. The molecular formula is C19H21NO3. The Balaban J connectivity index is 1.89. The summed E-state index contributed by atoms with van der Waals surface area (Å²) in [6.45, 7) is -0.100. The molecule has 1 atom stereocenters. The van der Waals surface area contributed by atoms with Crippen molar-refractivity contribution in [1.82, 2.24) is 5.32 Å². The van der Waals surface area contributed by atoms with Crippen LogP contribution >= 0.6 is 0 Å². The molecule has 2 rings (SSSR count). The van der Waals surface area contributed by atoms with Crippen LogP contribution in [0, 0.1) is 0 Å². The molecule has 4 heteroatoms. The molecule has 0 saturated heterocycles. The van der Waals surface area contributed by atoms with Crippen molar-refractivity contribution in [2.75, 3.05) is 13.7 Å². The second-order valence-electron chi connectivity index (χ2n) is 5.18. The molecule has 0 unspecified atom stereocenters. The highest BCUT2D eigenvalue weighted by atomic mass is 16.5. The zero-order chi connectivity index (χ0) is 16.5. The van der Waals surface area contributed by atoms with E-state index >= 15 is 0 Å². The van der Waals surface area contributed by atoms with Gasteiger partial charge in [-0.15, -0.1) is 0 Å². The van der Waals surface area contributed by atoms with E-state index in [0.29, 0.717) is 6.42 Å². The minimum atomic E-state index is -0.301. The predicted octanol–water partition coefficient (Wildman–Crippen LogP) is 2.43. The molecule has 23 heavy (non-hydrogen) atoms. The number of rotatable bonds is 7. The number of aliphatic hydroxyl groups excluding tert-OH is 1. The average Bonchev–Trinajstić information content (AvgIpc) is 2.60. The summed E-state index contributed by atoms with van der Waals surface area (Å²) in [5.41, 5.74) is 1.98. The number of nitrogens with one attached hydrogen (secondary N) is 1. The minimum Gasteiger partial charge on any atom is -0.497 e. The van der Waals surface area contributed by atoms with Gasteiger partial charge in [0.05, 0.1) is 19.8 Å². The summed E-state index contributed by atoms with van der Waals surface area (Å²) in [4.78, 5) is 12.0. The molecule has 0 heterocycles. The van der Waals surface area contributed by atoms with E-state index in [2.05, 4.69) is 5.32 Å². The summed E-state index contributed by atoms with van der Waals surface area (Å²) in [6, 6.07) is 16.9. The molecule has 0 aliphatic rings. The number of aliphatic hydroxyl groups is 1. The summed E-state index contributed by atoms with van der Waals surface area (Å²) in [7, 11) is 1.61. The van der Waals surface area contributed by atoms with Crippen LogP contribution < -0.4 is 10.1 Å². The van der Waals surface area contributed by atoms with Gasteiger partial charge in [0.2, 0.25) is 5.91 Å². The van der Waals surface area contributed by atoms with Gasteiger partial charge in [-0.05, 0) is 35.8 Å². The highest BCUT2D eigenvalue weighted by Crippen LogP contribution is 2.12. The van der Waals surface area contributed by atoms with Crippen molar-refractivity contribution in [2.45, 2.75) is 12.5 Å². The Labute approximate surface area is 136 Å². The van der Waals surface area contributed by atoms with Gasteiger partial charge in [0.1, 0.15) is 5.75 Å². The number of hydrogen-bond acceptors (Lipinski definition) is 3. The van der Waals surface area contributed by atoms with Gasteiger partial charge in [0.25, 0.3) is 0 Å². The third-order valence-corrected chi connectivity index (χ3v) is 3.43. The highest BCUT2D eigenvalue weighted by Gasteiger charge is 2.10. The van der Waals surface area contributed by atoms with Crippen molar-refractivity contribution in [1.29, 1.82) is 0 Å². The van der Waals surface area contributed by atoms with Gasteiger partial charge in [-0.1, -0.05) is 42.5 Å². The van der Waals surface area contributed by atoms with Crippen LogP contribution in [0.15, 0.2) is 60.7 Å². The second-order valence-corrected chi connectivity index (χ2v) is 5.18. The fourth-order valence-corrected chi connectivity index (χ4v) is 2.20. The minimum absolute atomic E-state index is 0.100. The molecular weight excluding hydrogens is 290 g/mol. The van der Waals surface area contributed by atoms with Crippen LogP contribution in [-0.2, 0) is 11.2 Å². The summed E-state index contributed by atoms with van der Waals surface area (Å²) >= 11 is 0. The van der Waals surface area contributed by atoms with Crippen LogP contribution in [0.25, 0.3) is 6.08 Å². The summed E-state index contributed by atoms with van der Waals surface area (Å²) < 4.78 is 5.09. The molecule has 0 fully saturated rings. The Hall–Kier alpha value is -2.59. The lowest BCUT2D eigenvalue weighted by atomic mass is 10.1. The van der Waals surface area contributed by atoms with Gasteiger partial charge in [-0.3, -0.25) is 4.79 Å². The van der Waals surface area contributed by atoms with Crippen molar-refractivity contribution in [3.05, 3.63) is 71.8 Å². The Morgan fingerprint density at radius 1 is 1.17 bits per heavy atom. The van der Waals surface area contributed by atoms with Gasteiger partial charge in [0.15, 0.2) is 0 Å². The van der Waals surface area contributed by atoms with E-state index in [1.165, 1.54) is 6.08 Å². The van der Waals surface area contributed by atoms with Crippen molar-refractivity contribution in [3.63, 3.8) is 0 Å². The van der Waals surface area contributed by atoms with Gasteiger partial charge in [-0.2, -0.15) is 0 Å². The van der Waals surface area contributed by atoms with Gasteiger partial charge in [0, 0.05) is 6.08 Å². The first kappa shape index (κ1) is 16.8. The van der Waals surface area contributed by atoms with E-state index in [9.17, 15) is 9.90 Å². The molecule has 2 aromatic rings. The van der Waals surface area contributed by atoms with Crippen LogP contribution in [0.1, 0.15) is 11.1 Å². The monoisotopic (exact) mass is 311 g/mol. The fourth-order valence-electron chi connectivity index (χ4n) is 2.20. The Morgan fingerprint density at radius 3 is 2.48 bits per heavy atom. The van der Waals surface area contributed by atoms with E-state index in [1.807, 2.05) is 54.6 Å². The topological polar surface area (TPSA) is 58.6 Å². The third kappa shape index (κ3) is 5.60. The molecule has 0 aliphatic carbocycles. The maximum absolute atomic E-state index is 12.0. The molecule has 0 spiro atoms. The molecule has 1 amide bonds. The van der Waals surface area contributed by atoms with E-state index in [-0.39, 0.29) is 18.6 Å². The van der Waals surface area contributed by atoms with Crippen LogP contribution in [0.4, 0.5) is 0 Å². The molecule has 2 N–H and O–H groups in total. The normalized spacial score (nSPS) is 12.1. The van der Waals surface area contributed by atoms with Crippen LogP contribution in [0.3, 0.4) is 0 Å². The number of ether oxygens (including phenoxy) is 1. The van der Waals surface area contributed by atoms with Crippen LogP contribution in [0.5, 0.6) is 5.75 Å². The summed E-state index contributed by atoms with van der Waals surface area (Å²) in [6.07, 6.45) is 3.79. The third-order valence-electron chi connectivity index (χ3n) is 3.43. The van der Waals surface area contributed by atoms with Crippen molar-refractivity contribution >= 4 is 12.0 Å². The highest BCUT2D eigenvalue weighted by molar-refractivity contribution is 5.91. The smallest absolute Gasteiger partial charge is 0.244 e. The first-order valence-corrected chi connectivity index (χ1v) is 7.48. The first-order chi connectivity index (χ1) is 11.2. The number of carbonyl (C=O) groups is 1. The predicted molar refractivity (Wildman–Crippen MR) is 91.2 cm³/mol. The number of methoxy groups -OCH3 is 1. The Bertz CT molecular complexity index is 635. The first-order valence-electron chi connectivity index (χ1n) is 7.48. The largest absolute Gasteiger partial charge is 0.497 e. The summed E-state index contributed by atoms with van der Waals surface area (Å²) in [5, 5.41) is 12.2. The van der Waals surface area contributed by atoms with E-state index in [0.717, 1.165) is 16.9 Å². The second kappa shape index (κ2) is 8.76. The van der Waals surface area contributed by atoms with E-state index in [1.54, 1.807) is 13.2 Å². The zero-order valence-corrected chi connectivity index (χ0v) is 13.1. The standard InChI is InChI=1S/C19H21NO3/c1-23-18-10-7-15(8-11-18)9-12-19(22)20-17(14-21)13-16-5-3-2-4-6-16/h2-12,17,21H,13-14H2,1H3,(H,20,22)/b12-9+/t17-/m0/s1. The van der Waals surface area contributed by atoms with E-state index < -0.39 is 0 Å². The maximum atomic E-state index is 12.0. The molecule has 4 nitrogen and oxygen atoms in total. The molecule has 0 saturated carbocycles. The number of benzene rings is 2. The van der Waals surface area contributed by atoms with Crippen LogP contribution in [0.2, 0.25) is 0 Å². The van der Waals surface area contributed by atoms with Gasteiger partial charge in [-0.25, -0.2) is 0 Å². The lowest BCUT2D eigenvalue weighted by Gasteiger charge is -2.15. The molecule has 0 aliphatic heterocycles. The number of amides is 1. The summed E-state index contributed by atoms with van der Waals surface area (Å²) in [5.74, 6) is 0.547. The Morgan fingerprint density at radius 2 is 1.87 bits per heavy atom. The van der Waals surface area contributed by atoms with Crippen LogP contribution in [-0.4, -0.2) is 30.8 Å². The van der Waals surface area contributed by atoms with Crippen molar-refractivity contribution in [2.24, 2.45) is 0 Å². The average molecular weight is 311 g/mol. The Kier molecular flexibility index (Phi) is 6.39. The SMILES string of the molecule is COc1ccc(/C=C/C(=O)N[C@H](CO)Cc2ccccc2)cc1. The van der Waals surface area contributed by atoms with Gasteiger partial charge >= 0.3 is 0 Å². The maximum Gasteiger partial charge on any atom is 0.244 e. The van der Waals surface area contributed by atoms with Gasteiger partial charge < -0.3 is 15.2 Å². The molecule has 120 valence electrons. The molecule has 0 aromatic heterocycles. The van der Waals surface area contributed by atoms with E-state index in [4.69, 9.17) is 4.74 Å². The lowest BCUT2D eigenvalue weighted by Crippen LogP contribution is -2.38. The fraction of sp³-hybridized carbons (Fsp3) is 0.211.